The molecule has 1 heterocycles. The van der Waals surface area contributed by atoms with Gasteiger partial charge in [-0.25, -0.2) is 4.98 Å². The molecular formula is C24H27ClN4O5. The summed E-state index contributed by atoms with van der Waals surface area (Å²) in [6.07, 6.45) is 1.50. The van der Waals surface area contributed by atoms with E-state index in [1.807, 2.05) is 20.2 Å². The van der Waals surface area contributed by atoms with Crippen LogP contribution >= 0.6 is 11.6 Å². The van der Waals surface area contributed by atoms with Crippen LogP contribution in [0.15, 0.2) is 36.5 Å². The van der Waals surface area contributed by atoms with Crippen LogP contribution in [0.3, 0.4) is 0 Å². The third-order valence-electron chi connectivity index (χ3n) is 5.02. The van der Waals surface area contributed by atoms with Crippen LogP contribution in [-0.4, -0.2) is 58.3 Å². The normalized spacial score (nSPS) is 10.4. The van der Waals surface area contributed by atoms with Crippen LogP contribution in [0.4, 0.5) is 11.8 Å². The minimum Gasteiger partial charge on any atom is -0.495 e. The highest BCUT2D eigenvalue weighted by Crippen LogP contribution is 2.39. The molecule has 0 saturated heterocycles. The molecule has 0 aliphatic rings. The second-order valence-corrected chi connectivity index (χ2v) is 7.80. The van der Waals surface area contributed by atoms with E-state index >= 15 is 0 Å². The number of ketones is 1. The summed E-state index contributed by atoms with van der Waals surface area (Å²) in [7, 11) is 9.69. The van der Waals surface area contributed by atoms with Crippen molar-refractivity contribution in [2.75, 3.05) is 52.8 Å². The number of halogens is 1. The van der Waals surface area contributed by atoms with E-state index in [-0.39, 0.29) is 5.78 Å². The number of carbonyl (C=O) groups excluding carboxylic acids is 1. The van der Waals surface area contributed by atoms with Crippen molar-refractivity contribution in [3.05, 3.63) is 58.2 Å². The lowest BCUT2D eigenvalue weighted by Crippen LogP contribution is -2.17. The number of rotatable bonds is 10. The van der Waals surface area contributed by atoms with Crippen molar-refractivity contribution in [2.24, 2.45) is 0 Å². The molecule has 0 aliphatic carbocycles. The van der Waals surface area contributed by atoms with E-state index in [1.165, 1.54) is 27.5 Å². The summed E-state index contributed by atoms with van der Waals surface area (Å²) in [6.45, 7) is 0.378. The maximum atomic E-state index is 13.5. The first-order chi connectivity index (χ1) is 16.3. The molecule has 10 heteroatoms. The summed E-state index contributed by atoms with van der Waals surface area (Å²) in [4.78, 5) is 24.1. The maximum absolute atomic E-state index is 13.5. The Bertz CT molecular complexity index is 1160. The van der Waals surface area contributed by atoms with E-state index in [2.05, 4.69) is 15.3 Å². The average Bonchev–Trinajstić information content (AvgIpc) is 2.85. The molecular weight excluding hydrogens is 460 g/mol. The van der Waals surface area contributed by atoms with Gasteiger partial charge >= 0.3 is 0 Å². The first-order valence-corrected chi connectivity index (χ1v) is 10.7. The summed E-state index contributed by atoms with van der Waals surface area (Å²) in [6, 6.07) is 8.65. The SMILES string of the molecule is COc1ccc(CNc2nc(N(C)C)ncc2C(=O)c2cc(OC)c(OC)c(OC)c2)cc1Cl. The Morgan fingerprint density at radius 3 is 2.15 bits per heavy atom. The Morgan fingerprint density at radius 2 is 1.62 bits per heavy atom. The molecule has 9 nitrogen and oxygen atoms in total. The number of methoxy groups -OCH3 is 4. The Balaban J connectivity index is 1.99. The highest BCUT2D eigenvalue weighted by molar-refractivity contribution is 6.32. The number of benzene rings is 2. The molecule has 1 N–H and O–H groups in total. The van der Waals surface area contributed by atoms with Crippen molar-refractivity contribution >= 4 is 29.2 Å². The van der Waals surface area contributed by atoms with Crippen molar-refractivity contribution in [1.29, 1.82) is 0 Å². The molecule has 0 saturated carbocycles. The lowest BCUT2D eigenvalue weighted by Gasteiger charge is -2.17. The fraction of sp³-hybridized carbons (Fsp3) is 0.292. The van der Waals surface area contributed by atoms with Gasteiger partial charge in [-0.05, 0) is 29.8 Å². The highest BCUT2D eigenvalue weighted by atomic mass is 35.5. The number of nitrogens with one attached hydrogen (secondary N) is 1. The van der Waals surface area contributed by atoms with E-state index < -0.39 is 0 Å². The maximum Gasteiger partial charge on any atom is 0.226 e. The standard InChI is InChI=1S/C24H27ClN4O5/c1-29(2)24-27-13-16(21(30)15-10-19(32-4)22(34-6)20(11-15)33-5)23(28-24)26-12-14-7-8-18(31-3)17(25)9-14/h7-11,13H,12H2,1-6H3,(H,26,27,28). The zero-order chi connectivity index (χ0) is 24.8. The Kier molecular flexibility index (Phi) is 8.01. The van der Waals surface area contributed by atoms with Crippen molar-refractivity contribution in [1.82, 2.24) is 9.97 Å². The zero-order valence-electron chi connectivity index (χ0n) is 19.9. The van der Waals surface area contributed by atoms with Crippen LogP contribution in [-0.2, 0) is 6.54 Å². The van der Waals surface area contributed by atoms with Crippen LogP contribution in [0.25, 0.3) is 0 Å². The highest BCUT2D eigenvalue weighted by Gasteiger charge is 2.22. The molecule has 0 radical (unpaired) electrons. The molecule has 0 spiro atoms. The molecule has 3 rings (SSSR count). The fourth-order valence-electron chi connectivity index (χ4n) is 3.26. The lowest BCUT2D eigenvalue weighted by molar-refractivity contribution is 0.103. The number of hydrogen-bond donors (Lipinski definition) is 1. The lowest BCUT2D eigenvalue weighted by atomic mass is 10.0. The van der Waals surface area contributed by atoms with Crippen LogP contribution < -0.4 is 29.2 Å². The van der Waals surface area contributed by atoms with Crippen LogP contribution in [0.1, 0.15) is 21.5 Å². The van der Waals surface area contributed by atoms with Gasteiger partial charge in [-0.2, -0.15) is 4.98 Å². The Labute approximate surface area is 203 Å². The Morgan fingerprint density at radius 1 is 0.971 bits per heavy atom. The second kappa shape index (κ2) is 10.9. The number of hydrogen-bond acceptors (Lipinski definition) is 9. The van der Waals surface area contributed by atoms with E-state index in [9.17, 15) is 4.79 Å². The zero-order valence-corrected chi connectivity index (χ0v) is 20.7. The monoisotopic (exact) mass is 486 g/mol. The van der Waals surface area contributed by atoms with Crippen LogP contribution in [0, 0.1) is 0 Å². The van der Waals surface area contributed by atoms with Crippen LogP contribution in [0.2, 0.25) is 5.02 Å². The smallest absolute Gasteiger partial charge is 0.226 e. The number of carbonyl (C=O) groups is 1. The predicted molar refractivity (Wildman–Crippen MR) is 131 cm³/mol. The van der Waals surface area contributed by atoms with Gasteiger partial charge in [-0.15, -0.1) is 0 Å². The van der Waals surface area contributed by atoms with Gasteiger partial charge in [0.25, 0.3) is 0 Å². The van der Waals surface area contributed by atoms with Crippen molar-refractivity contribution in [3.63, 3.8) is 0 Å². The summed E-state index contributed by atoms with van der Waals surface area (Å²) in [5.74, 6) is 2.26. The van der Waals surface area contributed by atoms with E-state index in [4.69, 9.17) is 30.5 Å². The summed E-state index contributed by atoms with van der Waals surface area (Å²) >= 11 is 6.25. The van der Waals surface area contributed by atoms with Gasteiger partial charge < -0.3 is 29.2 Å². The van der Waals surface area contributed by atoms with Crippen LogP contribution in [0.5, 0.6) is 23.0 Å². The first-order valence-electron chi connectivity index (χ1n) is 10.3. The molecule has 0 aliphatic heterocycles. The number of anilines is 2. The van der Waals surface area contributed by atoms with Crippen molar-refractivity contribution in [2.45, 2.75) is 6.54 Å². The second-order valence-electron chi connectivity index (χ2n) is 7.39. The van der Waals surface area contributed by atoms with Gasteiger partial charge in [0.1, 0.15) is 11.6 Å². The van der Waals surface area contributed by atoms with Gasteiger partial charge in [0, 0.05) is 32.4 Å². The third kappa shape index (κ3) is 5.26. The van der Waals surface area contributed by atoms with Gasteiger partial charge in [0.05, 0.1) is 39.0 Å². The number of aromatic nitrogens is 2. The Hall–Kier alpha value is -3.72. The van der Waals surface area contributed by atoms with Crippen molar-refractivity contribution in [3.8, 4) is 23.0 Å². The molecule has 0 unspecified atom stereocenters. The molecule has 2 aromatic carbocycles. The topological polar surface area (TPSA) is 95.0 Å². The van der Waals surface area contributed by atoms with E-state index in [0.29, 0.717) is 57.5 Å². The molecule has 0 atom stereocenters. The minimum absolute atomic E-state index is 0.291. The van der Waals surface area contributed by atoms with Gasteiger partial charge in [0.2, 0.25) is 11.7 Å². The predicted octanol–water partition coefficient (Wildman–Crippen LogP) is 4.07. The molecule has 0 fully saturated rings. The number of nitrogens with zero attached hydrogens (tertiary/aromatic N) is 3. The van der Waals surface area contributed by atoms with E-state index in [1.54, 1.807) is 36.3 Å². The summed E-state index contributed by atoms with van der Waals surface area (Å²) in [5.41, 5.74) is 1.52. The number of ether oxygens (including phenoxy) is 4. The first kappa shape index (κ1) is 24.9. The van der Waals surface area contributed by atoms with Gasteiger partial charge in [-0.1, -0.05) is 17.7 Å². The minimum atomic E-state index is -0.306. The molecule has 0 bridgehead atoms. The summed E-state index contributed by atoms with van der Waals surface area (Å²) < 4.78 is 21.3. The average molecular weight is 487 g/mol. The quantitative estimate of drug-likeness (QED) is 0.425. The largest absolute Gasteiger partial charge is 0.495 e. The van der Waals surface area contributed by atoms with Gasteiger partial charge in [-0.3, -0.25) is 4.79 Å². The van der Waals surface area contributed by atoms with Crippen molar-refractivity contribution < 1.29 is 23.7 Å². The molecule has 34 heavy (non-hydrogen) atoms. The van der Waals surface area contributed by atoms with E-state index in [0.717, 1.165) is 5.56 Å². The van der Waals surface area contributed by atoms with Gasteiger partial charge in [0.15, 0.2) is 17.3 Å². The fourth-order valence-corrected chi connectivity index (χ4v) is 3.54. The summed E-state index contributed by atoms with van der Waals surface area (Å²) in [5, 5.41) is 3.73. The molecule has 180 valence electrons. The molecule has 3 aromatic rings. The molecule has 0 amide bonds. The third-order valence-corrected chi connectivity index (χ3v) is 5.32. The molecule has 1 aromatic heterocycles.